The number of anilines is 6. The molecule has 13 rings (SSSR count). The first kappa shape index (κ1) is 33.0. The van der Waals surface area contributed by atoms with Crippen LogP contribution in [-0.4, -0.2) is 10.2 Å². The summed E-state index contributed by atoms with van der Waals surface area (Å²) < 4.78 is 18.0. The Morgan fingerprint density at radius 2 is 0.780 bits per heavy atom. The lowest BCUT2D eigenvalue weighted by molar-refractivity contribution is 0.478. The van der Waals surface area contributed by atoms with Crippen molar-refractivity contribution in [2.45, 2.75) is 0 Å². The first-order chi connectivity index (χ1) is 29.2. The third-order valence-corrected chi connectivity index (χ3v) is 14.6. The Labute approximate surface area is 350 Å². The van der Waals surface area contributed by atoms with Crippen LogP contribution < -0.4 is 19.3 Å². The van der Waals surface area contributed by atoms with E-state index in [4.69, 9.17) is 9.47 Å². The SMILES string of the molecule is c1ccc2c(c1)Oc1ccc3c(sc4ccccc43)c1N2c1ccc(-c2nnc(-c3ccc(N4c5ccccc5Oc5ccc6c(sc7ccccc76)c54)cc3)s2)cc1. The highest BCUT2D eigenvalue weighted by Crippen LogP contribution is 2.57. The molecule has 11 aromatic rings. The van der Waals surface area contributed by atoms with Crippen LogP contribution in [0, 0.1) is 0 Å². The zero-order valence-electron chi connectivity index (χ0n) is 31.0. The molecule has 0 amide bonds. The molecular weight excluding hydrogens is 785 g/mol. The number of fused-ring (bicyclic) bond motifs is 12. The van der Waals surface area contributed by atoms with Crippen LogP contribution in [0.2, 0.25) is 0 Å². The second-order valence-electron chi connectivity index (χ2n) is 14.6. The van der Waals surface area contributed by atoms with E-state index >= 15 is 0 Å². The molecule has 0 unspecified atom stereocenters. The quantitative estimate of drug-likeness (QED) is 0.176. The maximum atomic E-state index is 6.51. The van der Waals surface area contributed by atoms with Gasteiger partial charge in [0.2, 0.25) is 0 Å². The molecule has 9 heteroatoms. The van der Waals surface area contributed by atoms with E-state index in [0.717, 1.165) is 78.3 Å². The van der Waals surface area contributed by atoms with Gasteiger partial charge in [0.05, 0.1) is 20.8 Å². The lowest BCUT2D eigenvalue weighted by atomic mass is 10.1. The van der Waals surface area contributed by atoms with E-state index in [9.17, 15) is 0 Å². The molecule has 6 nitrogen and oxygen atoms in total. The lowest BCUT2D eigenvalue weighted by Crippen LogP contribution is -2.15. The third kappa shape index (κ3) is 5.02. The molecule has 2 aliphatic heterocycles. The summed E-state index contributed by atoms with van der Waals surface area (Å²) in [5.41, 5.74) is 8.29. The molecule has 0 saturated heterocycles. The number of benzene rings is 8. The zero-order chi connectivity index (χ0) is 38.6. The Kier molecular flexibility index (Phi) is 7.12. The highest BCUT2D eigenvalue weighted by Gasteiger charge is 2.31. The van der Waals surface area contributed by atoms with E-state index in [1.54, 1.807) is 11.3 Å². The molecule has 3 aromatic heterocycles. The van der Waals surface area contributed by atoms with Gasteiger partial charge in [-0.15, -0.1) is 32.9 Å². The third-order valence-electron chi connectivity index (χ3n) is 11.2. The van der Waals surface area contributed by atoms with Crippen molar-refractivity contribution in [3.8, 4) is 44.1 Å². The van der Waals surface area contributed by atoms with Gasteiger partial charge in [-0.1, -0.05) is 72.0 Å². The number of rotatable bonds is 4. The van der Waals surface area contributed by atoms with Gasteiger partial charge in [0, 0.05) is 53.4 Å². The van der Waals surface area contributed by atoms with Crippen LogP contribution in [-0.2, 0) is 0 Å². The Balaban J connectivity index is 0.845. The number of aromatic nitrogens is 2. The van der Waals surface area contributed by atoms with Crippen molar-refractivity contribution in [1.82, 2.24) is 10.2 Å². The van der Waals surface area contributed by atoms with Gasteiger partial charge >= 0.3 is 0 Å². The maximum Gasteiger partial charge on any atom is 0.153 e. The summed E-state index contributed by atoms with van der Waals surface area (Å²) >= 11 is 5.21. The van der Waals surface area contributed by atoms with Gasteiger partial charge in [0.15, 0.2) is 23.0 Å². The number of hydrogen-bond donors (Lipinski definition) is 0. The topological polar surface area (TPSA) is 50.7 Å². The summed E-state index contributed by atoms with van der Waals surface area (Å²) in [7, 11) is 0. The molecular formula is C50H28N4O2S3. The monoisotopic (exact) mass is 812 g/mol. The second-order valence-corrected chi connectivity index (χ2v) is 17.7. The average molecular weight is 813 g/mol. The Morgan fingerprint density at radius 3 is 1.25 bits per heavy atom. The summed E-state index contributed by atoms with van der Waals surface area (Å²) in [5.74, 6) is 3.36. The number of para-hydroxylation sites is 4. The van der Waals surface area contributed by atoms with Crippen molar-refractivity contribution in [2.24, 2.45) is 0 Å². The van der Waals surface area contributed by atoms with Crippen molar-refractivity contribution < 1.29 is 9.47 Å². The predicted octanol–water partition coefficient (Wildman–Crippen LogP) is 15.8. The molecule has 2 aliphatic rings. The van der Waals surface area contributed by atoms with Crippen molar-refractivity contribution in [3.63, 3.8) is 0 Å². The molecule has 59 heavy (non-hydrogen) atoms. The molecule has 0 atom stereocenters. The fourth-order valence-electron chi connectivity index (χ4n) is 8.53. The van der Waals surface area contributed by atoms with Crippen molar-refractivity contribution in [1.29, 1.82) is 0 Å². The molecule has 0 fully saturated rings. The highest BCUT2D eigenvalue weighted by atomic mass is 32.1. The first-order valence-electron chi connectivity index (χ1n) is 19.3. The molecule has 0 saturated carbocycles. The Bertz CT molecular complexity index is 3250. The van der Waals surface area contributed by atoms with E-state index in [0.29, 0.717) is 0 Å². The number of hydrogen-bond acceptors (Lipinski definition) is 9. The Morgan fingerprint density at radius 1 is 0.356 bits per heavy atom. The zero-order valence-corrected chi connectivity index (χ0v) is 33.4. The lowest BCUT2D eigenvalue weighted by Gasteiger charge is -2.33. The van der Waals surface area contributed by atoms with Crippen LogP contribution >= 0.6 is 34.0 Å². The maximum absolute atomic E-state index is 6.51. The van der Waals surface area contributed by atoms with E-state index in [2.05, 4.69) is 166 Å². The summed E-state index contributed by atoms with van der Waals surface area (Å²) in [6.07, 6.45) is 0. The predicted molar refractivity (Wildman–Crippen MR) is 246 cm³/mol. The van der Waals surface area contributed by atoms with Gasteiger partial charge < -0.3 is 19.3 Å². The fraction of sp³-hybridized carbons (Fsp3) is 0. The summed E-state index contributed by atoms with van der Waals surface area (Å²) in [6, 6.07) is 59.6. The fourth-order valence-corrected chi connectivity index (χ4v) is 11.9. The summed E-state index contributed by atoms with van der Waals surface area (Å²) in [5, 5.41) is 16.1. The van der Waals surface area contributed by atoms with Crippen LogP contribution in [0.3, 0.4) is 0 Å². The molecule has 0 radical (unpaired) electrons. The minimum absolute atomic E-state index is 0.833. The van der Waals surface area contributed by atoms with Crippen molar-refractivity contribution in [2.75, 3.05) is 9.80 Å². The van der Waals surface area contributed by atoms with Gasteiger partial charge in [-0.25, -0.2) is 0 Å². The van der Waals surface area contributed by atoms with Crippen molar-refractivity contribution >= 4 is 108 Å². The first-order valence-corrected chi connectivity index (χ1v) is 21.8. The smallest absolute Gasteiger partial charge is 0.153 e. The number of ether oxygens (including phenoxy) is 2. The summed E-state index contributed by atoms with van der Waals surface area (Å²) in [4.78, 5) is 4.67. The second kappa shape index (κ2) is 12.7. The number of thiophene rings is 2. The van der Waals surface area contributed by atoms with E-state index in [1.165, 1.54) is 40.3 Å². The van der Waals surface area contributed by atoms with Gasteiger partial charge in [-0.05, 0) is 109 Å². The van der Waals surface area contributed by atoms with Crippen LogP contribution in [0.25, 0.3) is 61.5 Å². The van der Waals surface area contributed by atoms with Gasteiger partial charge in [-0.3, -0.25) is 0 Å². The van der Waals surface area contributed by atoms with Crippen LogP contribution in [0.15, 0.2) is 170 Å². The molecule has 0 aliphatic carbocycles. The summed E-state index contributed by atoms with van der Waals surface area (Å²) in [6.45, 7) is 0. The highest BCUT2D eigenvalue weighted by molar-refractivity contribution is 7.27. The van der Waals surface area contributed by atoms with Gasteiger partial charge in [0.1, 0.15) is 21.4 Å². The Hall–Kier alpha value is -7.04. The molecule has 0 bridgehead atoms. The molecule has 0 N–H and O–H groups in total. The minimum Gasteiger partial charge on any atom is -0.453 e. The average Bonchev–Trinajstić information content (AvgIpc) is 4.04. The van der Waals surface area contributed by atoms with Crippen LogP contribution in [0.5, 0.6) is 23.0 Å². The minimum atomic E-state index is 0.833. The van der Waals surface area contributed by atoms with E-state index < -0.39 is 0 Å². The molecule has 8 aromatic carbocycles. The molecule has 278 valence electrons. The van der Waals surface area contributed by atoms with Crippen LogP contribution in [0.4, 0.5) is 34.1 Å². The van der Waals surface area contributed by atoms with Gasteiger partial charge in [-0.2, -0.15) is 0 Å². The largest absolute Gasteiger partial charge is 0.453 e. The van der Waals surface area contributed by atoms with Crippen molar-refractivity contribution in [3.05, 3.63) is 170 Å². The van der Waals surface area contributed by atoms with Crippen LogP contribution in [0.1, 0.15) is 0 Å². The molecule has 5 heterocycles. The van der Waals surface area contributed by atoms with E-state index in [-0.39, 0.29) is 0 Å². The molecule has 0 spiro atoms. The normalized spacial score (nSPS) is 12.9. The number of nitrogens with zero attached hydrogens (tertiary/aromatic N) is 4. The van der Waals surface area contributed by atoms with E-state index in [1.807, 2.05) is 46.9 Å². The standard InChI is InChI=1S/C50H28N4O2S3/c1-7-15-43-33(9-1)35-25-27-41-45(47(35)57-43)53(37-11-3-5-13-39(37)55-41)31-21-17-29(18-22-31)49-51-52-50(59-49)30-19-23-32(24-20-30)54-38-12-4-6-14-40(38)56-42-28-26-36-34-10-2-8-16-44(34)58-48(36)46(42)54/h1-28H. The van der Waals surface area contributed by atoms with Gasteiger partial charge in [0.25, 0.3) is 0 Å².